The van der Waals surface area contributed by atoms with E-state index in [1.165, 1.54) is 11.3 Å². The summed E-state index contributed by atoms with van der Waals surface area (Å²) in [5, 5.41) is 1.18. The quantitative estimate of drug-likeness (QED) is 0.372. The van der Waals surface area contributed by atoms with E-state index in [1.54, 1.807) is 28.9 Å². The Hall–Kier alpha value is -2.41. The third kappa shape index (κ3) is 3.76. The molecule has 7 heteroatoms. The number of amides is 1. The second-order valence-corrected chi connectivity index (χ2v) is 8.26. The Bertz CT molecular complexity index is 1130. The van der Waals surface area contributed by atoms with Gasteiger partial charge >= 0.3 is 0 Å². The molecule has 2 aromatic carbocycles. The second kappa shape index (κ2) is 8.31. The Balaban J connectivity index is 1.81. The van der Waals surface area contributed by atoms with E-state index in [2.05, 4.69) is 9.97 Å². The van der Waals surface area contributed by atoms with Crippen molar-refractivity contribution in [3.8, 4) is 0 Å². The van der Waals surface area contributed by atoms with Crippen molar-refractivity contribution in [3.63, 3.8) is 0 Å². The van der Waals surface area contributed by atoms with Crippen LogP contribution in [0.5, 0.6) is 0 Å². The summed E-state index contributed by atoms with van der Waals surface area (Å²) in [6, 6.07) is 18.9. The molecule has 0 aliphatic carbocycles. The number of pyridine rings is 1. The van der Waals surface area contributed by atoms with Crippen LogP contribution in [0.4, 0.5) is 5.13 Å². The number of hydrogen-bond acceptors (Lipinski definition) is 5. The van der Waals surface area contributed by atoms with Crippen molar-refractivity contribution >= 4 is 56.0 Å². The van der Waals surface area contributed by atoms with Crippen molar-refractivity contribution in [1.29, 1.82) is 0 Å². The zero-order chi connectivity index (χ0) is 19.5. The molecule has 2 heterocycles. The molecule has 140 valence electrons. The Morgan fingerprint density at radius 1 is 1.11 bits per heavy atom. The number of carbonyl (C=O) groups excluding carboxylic acids is 1. The highest BCUT2D eigenvalue weighted by Gasteiger charge is 2.24. The number of rotatable bonds is 5. The van der Waals surface area contributed by atoms with Crippen LogP contribution in [0, 0.1) is 0 Å². The van der Waals surface area contributed by atoms with E-state index in [4.69, 9.17) is 11.6 Å². The Labute approximate surface area is 176 Å². The van der Waals surface area contributed by atoms with Gasteiger partial charge in [-0.25, -0.2) is 4.98 Å². The summed E-state index contributed by atoms with van der Waals surface area (Å²) < 4.78 is 0.944. The summed E-state index contributed by atoms with van der Waals surface area (Å²) in [5.74, 6) is -0.106. The molecule has 0 bridgehead atoms. The second-order valence-electron chi connectivity index (χ2n) is 6.00. The number of fused-ring (bicyclic) bond motifs is 1. The van der Waals surface area contributed by atoms with E-state index in [-0.39, 0.29) is 5.91 Å². The predicted molar refractivity (Wildman–Crippen MR) is 118 cm³/mol. The first-order valence-electron chi connectivity index (χ1n) is 8.57. The molecule has 0 radical (unpaired) electrons. The van der Waals surface area contributed by atoms with E-state index in [1.807, 2.05) is 60.9 Å². The minimum Gasteiger partial charge on any atom is -0.278 e. The number of thiazole rings is 1. The van der Waals surface area contributed by atoms with Gasteiger partial charge in [0, 0.05) is 11.1 Å². The summed E-state index contributed by atoms with van der Waals surface area (Å²) in [6.07, 6.45) is 3.69. The van der Waals surface area contributed by atoms with Gasteiger partial charge in [-0.3, -0.25) is 14.7 Å². The van der Waals surface area contributed by atoms with Crippen molar-refractivity contribution in [2.24, 2.45) is 0 Å². The van der Waals surface area contributed by atoms with Crippen LogP contribution in [0.25, 0.3) is 10.2 Å². The number of carbonyl (C=O) groups is 1. The fourth-order valence-corrected chi connectivity index (χ4v) is 4.72. The molecule has 4 aromatic rings. The van der Waals surface area contributed by atoms with E-state index >= 15 is 0 Å². The number of benzene rings is 2. The molecule has 4 rings (SSSR count). The van der Waals surface area contributed by atoms with E-state index in [0.29, 0.717) is 27.8 Å². The largest absolute Gasteiger partial charge is 0.278 e. The fourth-order valence-electron chi connectivity index (χ4n) is 2.87. The van der Waals surface area contributed by atoms with Gasteiger partial charge in [-0.05, 0) is 42.7 Å². The maximum absolute atomic E-state index is 13.5. The highest BCUT2D eigenvalue weighted by atomic mass is 35.5. The van der Waals surface area contributed by atoms with Gasteiger partial charge in [0.15, 0.2) is 5.13 Å². The molecule has 2 aromatic heterocycles. The van der Waals surface area contributed by atoms with Gasteiger partial charge < -0.3 is 0 Å². The normalized spacial score (nSPS) is 10.9. The van der Waals surface area contributed by atoms with Crippen molar-refractivity contribution in [1.82, 2.24) is 9.97 Å². The van der Waals surface area contributed by atoms with Crippen LogP contribution in [-0.4, -0.2) is 22.1 Å². The van der Waals surface area contributed by atoms with Crippen LogP contribution < -0.4 is 4.90 Å². The van der Waals surface area contributed by atoms with Crippen molar-refractivity contribution < 1.29 is 4.79 Å². The van der Waals surface area contributed by atoms with Gasteiger partial charge in [0.2, 0.25) is 0 Å². The van der Waals surface area contributed by atoms with Crippen LogP contribution in [0.2, 0.25) is 5.02 Å². The first kappa shape index (κ1) is 18.9. The smallest absolute Gasteiger partial charge is 0.261 e. The van der Waals surface area contributed by atoms with Crippen LogP contribution in [0.15, 0.2) is 71.8 Å². The number of thioether (sulfide) groups is 1. The topological polar surface area (TPSA) is 46.1 Å². The van der Waals surface area contributed by atoms with E-state index in [0.717, 1.165) is 15.3 Å². The summed E-state index contributed by atoms with van der Waals surface area (Å²) >= 11 is 9.30. The molecule has 0 atom stereocenters. The van der Waals surface area contributed by atoms with Crippen molar-refractivity contribution in [2.75, 3.05) is 11.2 Å². The molecule has 0 saturated carbocycles. The third-order valence-corrected chi connectivity index (χ3v) is 6.36. The number of anilines is 1. The van der Waals surface area contributed by atoms with Gasteiger partial charge in [0.1, 0.15) is 5.52 Å². The molecule has 0 aliphatic rings. The minimum atomic E-state index is -0.106. The minimum absolute atomic E-state index is 0.106. The Kier molecular flexibility index (Phi) is 5.62. The lowest BCUT2D eigenvalue weighted by Gasteiger charge is -2.20. The zero-order valence-corrected chi connectivity index (χ0v) is 17.4. The molecule has 0 N–H and O–H groups in total. The average Bonchev–Trinajstić information content (AvgIpc) is 3.17. The maximum Gasteiger partial charge on any atom is 0.261 e. The maximum atomic E-state index is 13.5. The molecule has 0 spiro atoms. The molecule has 28 heavy (non-hydrogen) atoms. The predicted octanol–water partition coefficient (Wildman–Crippen LogP) is 5.91. The monoisotopic (exact) mass is 425 g/mol. The van der Waals surface area contributed by atoms with E-state index in [9.17, 15) is 4.79 Å². The first-order valence-corrected chi connectivity index (χ1v) is 11.0. The lowest BCUT2D eigenvalue weighted by atomic mass is 10.2. The molecule has 0 unspecified atom stereocenters. The molecule has 1 amide bonds. The molecule has 0 saturated heterocycles. The summed E-state index contributed by atoms with van der Waals surface area (Å²) in [5.41, 5.74) is 2.15. The third-order valence-electron chi connectivity index (χ3n) is 4.22. The summed E-state index contributed by atoms with van der Waals surface area (Å²) in [4.78, 5) is 25.2. The van der Waals surface area contributed by atoms with Gasteiger partial charge in [-0.1, -0.05) is 47.2 Å². The first-order chi connectivity index (χ1) is 13.7. The van der Waals surface area contributed by atoms with Crippen molar-refractivity contribution in [3.05, 3.63) is 83.1 Å². The fraction of sp³-hybridized carbons (Fsp3) is 0.0952. The van der Waals surface area contributed by atoms with Crippen molar-refractivity contribution in [2.45, 2.75) is 11.4 Å². The van der Waals surface area contributed by atoms with Gasteiger partial charge in [-0.2, -0.15) is 0 Å². The number of para-hydroxylation sites is 1. The Morgan fingerprint density at radius 3 is 2.68 bits per heavy atom. The van der Waals surface area contributed by atoms with Gasteiger partial charge in [0.05, 0.1) is 27.5 Å². The number of aromatic nitrogens is 2. The summed E-state index contributed by atoms with van der Waals surface area (Å²) in [6.45, 7) is 0.333. The van der Waals surface area contributed by atoms with Gasteiger partial charge in [-0.15, -0.1) is 11.8 Å². The SMILES string of the molecule is CSc1ccccc1C(=O)N(Cc1ccccn1)c1nc2c(Cl)cccc2s1. The zero-order valence-electron chi connectivity index (χ0n) is 15.0. The van der Waals surface area contributed by atoms with Gasteiger partial charge in [0.25, 0.3) is 5.91 Å². The molecular weight excluding hydrogens is 410 g/mol. The average molecular weight is 426 g/mol. The number of halogens is 1. The Morgan fingerprint density at radius 2 is 1.93 bits per heavy atom. The highest BCUT2D eigenvalue weighted by molar-refractivity contribution is 7.98. The lowest BCUT2D eigenvalue weighted by Crippen LogP contribution is -2.31. The number of hydrogen-bond donors (Lipinski definition) is 0. The van der Waals surface area contributed by atoms with Crippen LogP contribution in [0.1, 0.15) is 16.1 Å². The molecule has 4 nitrogen and oxygen atoms in total. The molecular formula is C21H16ClN3OS2. The highest BCUT2D eigenvalue weighted by Crippen LogP contribution is 2.34. The van der Waals surface area contributed by atoms with E-state index < -0.39 is 0 Å². The lowest BCUT2D eigenvalue weighted by molar-refractivity contribution is 0.0982. The molecule has 0 fully saturated rings. The summed E-state index contributed by atoms with van der Waals surface area (Å²) in [7, 11) is 0. The van der Waals surface area contributed by atoms with Crippen LogP contribution in [0.3, 0.4) is 0 Å². The molecule has 0 aliphatic heterocycles. The van der Waals surface area contributed by atoms with Crippen LogP contribution in [-0.2, 0) is 6.54 Å². The van der Waals surface area contributed by atoms with Crippen LogP contribution >= 0.6 is 34.7 Å². The standard InChI is InChI=1S/C21H16ClN3OS2/c1-27-17-10-3-2-8-15(17)20(26)25(13-14-7-4-5-12-23-14)21-24-19-16(22)9-6-11-18(19)28-21/h2-12H,13H2,1H3. The number of nitrogens with zero attached hydrogens (tertiary/aromatic N) is 3.